The van der Waals surface area contributed by atoms with E-state index in [1.54, 1.807) is 0 Å². The molecule has 2 atom stereocenters. The number of hydrogen-bond donors (Lipinski definition) is 0. The second-order valence-corrected chi connectivity index (χ2v) is 8.22. The van der Waals surface area contributed by atoms with Crippen LogP contribution in [0, 0.1) is 12.8 Å². The number of fused-ring (bicyclic) bond motifs is 3. The molecule has 0 saturated heterocycles. The zero-order valence-corrected chi connectivity index (χ0v) is 16.5. The molecule has 28 heavy (non-hydrogen) atoms. The van der Waals surface area contributed by atoms with Gasteiger partial charge in [0, 0.05) is 17.0 Å². The maximum Gasteiger partial charge on any atom is 0.0746 e. The first-order chi connectivity index (χ1) is 13.7. The first-order valence-electron chi connectivity index (χ1n) is 10.2. The molecule has 0 spiro atoms. The Balaban J connectivity index is 1.76. The molecule has 1 aliphatic rings. The van der Waals surface area contributed by atoms with Gasteiger partial charge in [0.1, 0.15) is 0 Å². The van der Waals surface area contributed by atoms with Crippen LogP contribution in [0.2, 0.25) is 0 Å². The van der Waals surface area contributed by atoms with Gasteiger partial charge in [-0.25, -0.2) is 0 Å². The summed E-state index contributed by atoms with van der Waals surface area (Å²) in [6, 6.07) is 28.6. The molecule has 0 radical (unpaired) electrons. The van der Waals surface area contributed by atoms with E-state index in [1.165, 1.54) is 45.1 Å². The molecule has 0 saturated carbocycles. The Kier molecular flexibility index (Phi) is 4.24. The summed E-state index contributed by atoms with van der Waals surface area (Å²) in [6.07, 6.45) is 2.32. The Morgan fingerprint density at radius 2 is 1.57 bits per heavy atom. The van der Waals surface area contributed by atoms with Gasteiger partial charge in [0.25, 0.3) is 0 Å². The van der Waals surface area contributed by atoms with Crippen LogP contribution < -0.4 is 0 Å². The van der Waals surface area contributed by atoms with Crippen molar-refractivity contribution < 1.29 is 0 Å². The summed E-state index contributed by atoms with van der Waals surface area (Å²) in [5, 5.41) is 1.27. The molecule has 0 bridgehead atoms. The highest BCUT2D eigenvalue weighted by Gasteiger charge is 2.28. The molecule has 0 amide bonds. The summed E-state index contributed by atoms with van der Waals surface area (Å²) >= 11 is 0. The average Bonchev–Trinajstić information content (AvgIpc) is 2.74. The molecule has 0 fully saturated rings. The van der Waals surface area contributed by atoms with Crippen LogP contribution >= 0.6 is 0 Å². The fraction of sp³-hybridized carbons (Fsp3) is 0.222. The molecule has 1 aromatic heterocycles. The first-order valence-corrected chi connectivity index (χ1v) is 10.2. The minimum Gasteiger partial charge on any atom is -0.253 e. The van der Waals surface area contributed by atoms with E-state index >= 15 is 0 Å². The number of aryl methyl sites for hydroxylation is 1. The van der Waals surface area contributed by atoms with Crippen LogP contribution in [0.25, 0.3) is 22.0 Å². The standard InChI is InChI=1S/C27H25N/c1-18-15-24(20-9-5-3-6-10-20)22-13-14-23-25(21-11-7-4-8-12-21)17-19(2)28-27(23)26(22)16-18/h3-14,17-18,24H,15-16H2,1-2H3. The molecule has 1 heterocycles. The summed E-state index contributed by atoms with van der Waals surface area (Å²) in [7, 11) is 0. The van der Waals surface area contributed by atoms with Crippen LogP contribution in [0.15, 0.2) is 78.9 Å². The van der Waals surface area contributed by atoms with Crippen LogP contribution in [-0.2, 0) is 6.42 Å². The smallest absolute Gasteiger partial charge is 0.0746 e. The van der Waals surface area contributed by atoms with Gasteiger partial charge in [0.2, 0.25) is 0 Å². The van der Waals surface area contributed by atoms with Crippen molar-refractivity contribution in [3.8, 4) is 11.1 Å². The number of pyridine rings is 1. The second kappa shape index (κ2) is 6.91. The van der Waals surface area contributed by atoms with Gasteiger partial charge in [0.05, 0.1) is 5.52 Å². The van der Waals surface area contributed by atoms with Gasteiger partial charge >= 0.3 is 0 Å². The molecule has 0 aliphatic heterocycles. The molecule has 4 aromatic rings. The maximum absolute atomic E-state index is 5.04. The van der Waals surface area contributed by atoms with Gasteiger partial charge < -0.3 is 0 Å². The Bertz CT molecular complexity index is 1130. The Morgan fingerprint density at radius 3 is 2.32 bits per heavy atom. The van der Waals surface area contributed by atoms with Crippen molar-refractivity contribution in [2.75, 3.05) is 0 Å². The lowest BCUT2D eigenvalue weighted by Crippen LogP contribution is -2.18. The maximum atomic E-state index is 5.04. The highest BCUT2D eigenvalue weighted by molar-refractivity contribution is 5.97. The zero-order chi connectivity index (χ0) is 19.1. The van der Waals surface area contributed by atoms with Gasteiger partial charge in [-0.15, -0.1) is 0 Å². The first kappa shape index (κ1) is 17.2. The fourth-order valence-electron chi connectivity index (χ4n) is 4.85. The monoisotopic (exact) mass is 363 g/mol. The molecule has 138 valence electrons. The normalized spacial score (nSPS) is 18.8. The number of nitrogens with zero attached hydrogens (tertiary/aromatic N) is 1. The molecule has 2 unspecified atom stereocenters. The van der Waals surface area contributed by atoms with E-state index in [0.29, 0.717) is 11.8 Å². The predicted molar refractivity (Wildman–Crippen MR) is 118 cm³/mol. The highest BCUT2D eigenvalue weighted by Crippen LogP contribution is 2.43. The molecule has 1 nitrogen and oxygen atoms in total. The molecule has 5 rings (SSSR count). The third-order valence-electron chi connectivity index (χ3n) is 6.10. The minimum absolute atomic E-state index is 0.465. The topological polar surface area (TPSA) is 12.9 Å². The van der Waals surface area contributed by atoms with Crippen LogP contribution in [-0.4, -0.2) is 4.98 Å². The van der Waals surface area contributed by atoms with E-state index < -0.39 is 0 Å². The summed E-state index contributed by atoms with van der Waals surface area (Å²) in [6.45, 7) is 4.50. The van der Waals surface area contributed by atoms with Gasteiger partial charge in [-0.3, -0.25) is 4.98 Å². The molecular formula is C27H25N. The number of aromatic nitrogens is 1. The molecule has 3 aromatic carbocycles. The van der Waals surface area contributed by atoms with E-state index in [9.17, 15) is 0 Å². The van der Waals surface area contributed by atoms with Gasteiger partial charge in [-0.1, -0.05) is 79.7 Å². The van der Waals surface area contributed by atoms with Crippen molar-refractivity contribution >= 4 is 10.9 Å². The second-order valence-electron chi connectivity index (χ2n) is 8.22. The minimum atomic E-state index is 0.465. The van der Waals surface area contributed by atoms with E-state index in [1.807, 2.05) is 0 Å². The van der Waals surface area contributed by atoms with E-state index in [0.717, 1.165) is 12.1 Å². The summed E-state index contributed by atoms with van der Waals surface area (Å²) < 4.78 is 0. The fourth-order valence-corrected chi connectivity index (χ4v) is 4.85. The van der Waals surface area contributed by atoms with Crippen LogP contribution in [0.1, 0.15) is 41.6 Å². The van der Waals surface area contributed by atoms with Crippen molar-refractivity contribution in [1.82, 2.24) is 4.98 Å². The number of hydrogen-bond acceptors (Lipinski definition) is 1. The van der Waals surface area contributed by atoms with Crippen LogP contribution in [0.5, 0.6) is 0 Å². The third-order valence-corrected chi connectivity index (χ3v) is 6.10. The van der Waals surface area contributed by atoms with Gasteiger partial charge in [0.15, 0.2) is 0 Å². The lowest BCUT2D eigenvalue weighted by Gasteiger charge is -2.31. The quantitative estimate of drug-likeness (QED) is 0.376. The highest BCUT2D eigenvalue weighted by atomic mass is 14.7. The van der Waals surface area contributed by atoms with Crippen molar-refractivity contribution in [2.24, 2.45) is 5.92 Å². The van der Waals surface area contributed by atoms with Crippen LogP contribution in [0.3, 0.4) is 0 Å². The third kappa shape index (κ3) is 2.92. The number of benzene rings is 3. The van der Waals surface area contributed by atoms with Crippen molar-refractivity contribution in [1.29, 1.82) is 0 Å². The summed E-state index contributed by atoms with van der Waals surface area (Å²) in [4.78, 5) is 5.04. The van der Waals surface area contributed by atoms with E-state index in [4.69, 9.17) is 4.98 Å². The average molecular weight is 364 g/mol. The van der Waals surface area contributed by atoms with Gasteiger partial charge in [-0.05, 0) is 59.6 Å². The van der Waals surface area contributed by atoms with Gasteiger partial charge in [-0.2, -0.15) is 0 Å². The molecule has 1 aliphatic carbocycles. The van der Waals surface area contributed by atoms with E-state index in [-0.39, 0.29) is 0 Å². The number of rotatable bonds is 2. The molecular weight excluding hydrogens is 338 g/mol. The Morgan fingerprint density at radius 1 is 0.857 bits per heavy atom. The molecule has 0 N–H and O–H groups in total. The lowest BCUT2D eigenvalue weighted by atomic mass is 9.73. The zero-order valence-electron chi connectivity index (χ0n) is 16.5. The van der Waals surface area contributed by atoms with Crippen molar-refractivity contribution in [3.05, 3.63) is 101 Å². The summed E-state index contributed by atoms with van der Waals surface area (Å²) in [5.41, 5.74) is 9.19. The largest absolute Gasteiger partial charge is 0.253 e. The SMILES string of the molecule is Cc1cc(-c2ccccc2)c2ccc3c(c2n1)CC(C)CC3c1ccccc1. The van der Waals surface area contributed by atoms with E-state index in [2.05, 4.69) is 92.7 Å². The Hall–Kier alpha value is -2.93. The van der Waals surface area contributed by atoms with Crippen molar-refractivity contribution in [3.63, 3.8) is 0 Å². The molecule has 1 heteroatoms. The Labute approximate surface area is 167 Å². The van der Waals surface area contributed by atoms with Crippen molar-refractivity contribution in [2.45, 2.75) is 32.6 Å². The lowest BCUT2D eigenvalue weighted by molar-refractivity contribution is 0.466. The summed E-state index contributed by atoms with van der Waals surface area (Å²) in [5.74, 6) is 1.12. The van der Waals surface area contributed by atoms with Crippen LogP contribution in [0.4, 0.5) is 0 Å². The predicted octanol–water partition coefficient (Wildman–Crippen LogP) is 6.92.